The molecule has 11 heavy (non-hydrogen) atoms. The molecule has 0 unspecified atom stereocenters. The van der Waals surface area contributed by atoms with Crippen LogP contribution >= 0.6 is 22.6 Å². The fourth-order valence-corrected chi connectivity index (χ4v) is 1.80. The van der Waals surface area contributed by atoms with Gasteiger partial charge < -0.3 is 5.11 Å². The van der Waals surface area contributed by atoms with Gasteiger partial charge in [0.15, 0.2) is 0 Å². The molecule has 0 bridgehead atoms. The lowest BCUT2D eigenvalue weighted by Gasteiger charge is -2.25. The second kappa shape index (κ2) is 3.87. The third-order valence-electron chi connectivity index (χ3n) is 2.26. The van der Waals surface area contributed by atoms with Gasteiger partial charge in [0.05, 0.1) is 6.10 Å². The molecule has 1 aliphatic heterocycles. The largest absolute Gasteiger partial charge is 0.391 e. The van der Waals surface area contributed by atoms with Crippen molar-refractivity contribution in [2.45, 2.75) is 25.5 Å². The summed E-state index contributed by atoms with van der Waals surface area (Å²) >= 11 is 2.29. The monoisotopic (exact) mass is 267 g/mol. The average Bonchev–Trinajstić information content (AvgIpc) is 2.05. The van der Waals surface area contributed by atoms with Crippen LogP contribution in [-0.2, 0) is 0 Å². The molecule has 0 aromatic heterocycles. The molecule has 0 saturated carbocycles. The molecule has 64 valence electrons. The fourth-order valence-electron chi connectivity index (χ4n) is 1.16. The molecule has 0 aromatic rings. The molecular formula is C8H14INO. The van der Waals surface area contributed by atoms with Crippen molar-refractivity contribution >= 4 is 22.6 Å². The third kappa shape index (κ3) is 2.42. The minimum atomic E-state index is -0.203. The Morgan fingerprint density at radius 1 is 1.73 bits per heavy atom. The standard InChI is InChI=1S/C8H14INO/c1-6-8(11)5-7(9)3-4-10(6)2/h3,6,8,11H,4-5H2,1-2H3/t6-,8+/m0/s1. The summed E-state index contributed by atoms with van der Waals surface area (Å²) in [6, 6.07) is 0.276. The van der Waals surface area contributed by atoms with Crippen molar-refractivity contribution in [2.24, 2.45) is 0 Å². The Balaban J connectivity index is 2.65. The molecule has 2 atom stereocenters. The van der Waals surface area contributed by atoms with E-state index in [1.165, 1.54) is 3.58 Å². The Morgan fingerprint density at radius 3 is 3.00 bits per heavy atom. The Labute approximate surface area is 81.4 Å². The molecule has 1 aliphatic rings. The first-order valence-corrected chi connectivity index (χ1v) is 4.92. The van der Waals surface area contributed by atoms with Crippen molar-refractivity contribution < 1.29 is 5.11 Å². The number of halogens is 1. The van der Waals surface area contributed by atoms with Crippen LogP contribution in [0.15, 0.2) is 9.66 Å². The number of rotatable bonds is 0. The summed E-state index contributed by atoms with van der Waals surface area (Å²) in [7, 11) is 2.04. The zero-order chi connectivity index (χ0) is 8.43. The lowest BCUT2D eigenvalue weighted by molar-refractivity contribution is 0.0853. The summed E-state index contributed by atoms with van der Waals surface area (Å²) in [5.74, 6) is 0. The van der Waals surface area contributed by atoms with Gasteiger partial charge in [0.2, 0.25) is 0 Å². The highest BCUT2D eigenvalue weighted by molar-refractivity contribution is 14.1. The summed E-state index contributed by atoms with van der Waals surface area (Å²) in [5, 5.41) is 9.61. The second-order valence-corrected chi connectivity index (χ2v) is 4.49. The van der Waals surface area contributed by atoms with E-state index >= 15 is 0 Å². The summed E-state index contributed by atoms with van der Waals surface area (Å²) in [4.78, 5) is 2.16. The van der Waals surface area contributed by atoms with Gasteiger partial charge in [0.1, 0.15) is 0 Å². The molecule has 1 rings (SSSR count). The normalized spacial score (nSPS) is 34.7. The Kier molecular flexibility index (Phi) is 3.33. The van der Waals surface area contributed by atoms with Gasteiger partial charge in [0.25, 0.3) is 0 Å². The molecule has 0 aliphatic carbocycles. The van der Waals surface area contributed by atoms with Crippen LogP contribution in [0.2, 0.25) is 0 Å². The van der Waals surface area contributed by atoms with Crippen LogP contribution in [0.25, 0.3) is 0 Å². The highest BCUT2D eigenvalue weighted by Gasteiger charge is 2.21. The van der Waals surface area contributed by atoms with Crippen LogP contribution in [0.3, 0.4) is 0 Å². The predicted octanol–water partition coefficient (Wildman–Crippen LogP) is 1.39. The maximum Gasteiger partial charge on any atom is 0.0737 e. The predicted molar refractivity (Wildman–Crippen MR) is 54.8 cm³/mol. The first-order valence-electron chi connectivity index (χ1n) is 3.84. The van der Waals surface area contributed by atoms with Crippen LogP contribution in [0.4, 0.5) is 0 Å². The Bertz CT molecular complexity index is 169. The summed E-state index contributed by atoms with van der Waals surface area (Å²) < 4.78 is 1.27. The summed E-state index contributed by atoms with van der Waals surface area (Å²) in [6.07, 6.45) is 2.78. The van der Waals surface area contributed by atoms with Gasteiger partial charge in [-0.15, -0.1) is 0 Å². The van der Waals surface area contributed by atoms with Gasteiger partial charge in [-0.1, -0.05) is 6.08 Å². The van der Waals surface area contributed by atoms with E-state index in [1.807, 2.05) is 7.05 Å². The van der Waals surface area contributed by atoms with Gasteiger partial charge in [-0.2, -0.15) is 0 Å². The molecule has 3 heteroatoms. The van der Waals surface area contributed by atoms with Crippen molar-refractivity contribution in [1.82, 2.24) is 4.90 Å². The topological polar surface area (TPSA) is 23.5 Å². The van der Waals surface area contributed by atoms with E-state index in [2.05, 4.69) is 40.5 Å². The quantitative estimate of drug-likeness (QED) is 0.670. The number of hydrogen-bond acceptors (Lipinski definition) is 2. The average molecular weight is 267 g/mol. The van der Waals surface area contributed by atoms with E-state index in [-0.39, 0.29) is 12.1 Å². The van der Waals surface area contributed by atoms with Gasteiger partial charge in [-0.3, -0.25) is 4.90 Å². The van der Waals surface area contributed by atoms with E-state index in [4.69, 9.17) is 0 Å². The molecule has 2 nitrogen and oxygen atoms in total. The number of aliphatic hydroxyl groups is 1. The second-order valence-electron chi connectivity index (χ2n) is 3.10. The maximum absolute atomic E-state index is 9.61. The zero-order valence-electron chi connectivity index (χ0n) is 6.92. The summed E-state index contributed by atoms with van der Waals surface area (Å²) in [5.41, 5.74) is 0. The molecule has 0 radical (unpaired) electrons. The zero-order valence-corrected chi connectivity index (χ0v) is 9.08. The molecule has 1 N–H and O–H groups in total. The lowest BCUT2D eigenvalue weighted by atomic mass is 10.1. The molecule has 0 aromatic carbocycles. The number of nitrogens with zero attached hydrogens (tertiary/aromatic N) is 1. The van der Waals surface area contributed by atoms with Gasteiger partial charge in [-0.25, -0.2) is 0 Å². The Hall–Kier alpha value is 0.390. The van der Waals surface area contributed by atoms with Crippen LogP contribution < -0.4 is 0 Å². The highest BCUT2D eigenvalue weighted by atomic mass is 127. The van der Waals surface area contributed by atoms with Gasteiger partial charge in [-0.05, 0) is 40.1 Å². The smallest absolute Gasteiger partial charge is 0.0737 e. The van der Waals surface area contributed by atoms with Crippen LogP contribution in [0, 0.1) is 0 Å². The van der Waals surface area contributed by atoms with Crippen molar-refractivity contribution in [3.63, 3.8) is 0 Å². The molecule has 0 fully saturated rings. The van der Waals surface area contributed by atoms with E-state index in [0.29, 0.717) is 0 Å². The SMILES string of the molecule is C[C@H]1[C@H](O)CC(I)=CCN1C. The minimum absolute atomic E-state index is 0.203. The molecule has 1 heterocycles. The van der Waals surface area contributed by atoms with Crippen molar-refractivity contribution in [3.05, 3.63) is 9.66 Å². The van der Waals surface area contributed by atoms with E-state index in [1.54, 1.807) is 0 Å². The lowest BCUT2D eigenvalue weighted by Crippen LogP contribution is -2.37. The number of hydrogen-bond donors (Lipinski definition) is 1. The number of likely N-dealkylation sites (N-methyl/N-ethyl adjacent to an activating group) is 1. The van der Waals surface area contributed by atoms with Crippen molar-refractivity contribution in [1.29, 1.82) is 0 Å². The van der Waals surface area contributed by atoms with Crippen LogP contribution in [-0.4, -0.2) is 35.7 Å². The fraction of sp³-hybridized carbons (Fsp3) is 0.750. The van der Waals surface area contributed by atoms with Crippen LogP contribution in [0.5, 0.6) is 0 Å². The number of aliphatic hydroxyl groups excluding tert-OH is 1. The third-order valence-corrected chi connectivity index (χ3v) is 3.14. The van der Waals surface area contributed by atoms with E-state index in [0.717, 1.165) is 13.0 Å². The van der Waals surface area contributed by atoms with Crippen molar-refractivity contribution in [2.75, 3.05) is 13.6 Å². The highest BCUT2D eigenvalue weighted by Crippen LogP contribution is 2.20. The van der Waals surface area contributed by atoms with E-state index in [9.17, 15) is 5.11 Å². The maximum atomic E-state index is 9.61. The summed E-state index contributed by atoms with van der Waals surface area (Å²) in [6.45, 7) is 3.02. The minimum Gasteiger partial charge on any atom is -0.391 e. The first kappa shape index (κ1) is 9.48. The van der Waals surface area contributed by atoms with E-state index < -0.39 is 0 Å². The first-order chi connectivity index (χ1) is 5.11. The molecule has 0 saturated heterocycles. The van der Waals surface area contributed by atoms with Gasteiger partial charge in [0, 0.05) is 19.0 Å². The van der Waals surface area contributed by atoms with Crippen LogP contribution in [0.1, 0.15) is 13.3 Å². The molecule has 0 amide bonds. The molecule has 0 spiro atoms. The van der Waals surface area contributed by atoms with Crippen molar-refractivity contribution in [3.8, 4) is 0 Å². The Morgan fingerprint density at radius 2 is 2.36 bits per heavy atom. The molecular weight excluding hydrogens is 253 g/mol. The van der Waals surface area contributed by atoms with Gasteiger partial charge >= 0.3 is 0 Å².